The van der Waals surface area contributed by atoms with Crippen molar-refractivity contribution in [2.75, 3.05) is 39.6 Å². The molecule has 0 heterocycles. The molecular weight excluding hydrogens is 1090 g/mol. The second-order valence-corrected chi connectivity index (χ2v) is 26.9. The van der Waals surface area contributed by atoms with E-state index in [-0.39, 0.29) is 25.7 Å². The molecule has 19 heteroatoms. The van der Waals surface area contributed by atoms with E-state index in [0.717, 1.165) is 108 Å². The molecule has 0 amide bonds. The molecule has 486 valence electrons. The third-order valence-corrected chi connectivity index (χ3v) is 16.6. The minimum Gasteiger partial charge on any atom is -0.462 e. The molecule has 82 heavy (non-hydrogen) atoms. The number of phosphoric ester groups is 2. The highest BCUT2D eigenvalue weighted by Gasteiger charge is 2.30. The van der Waals surface area contributed by atoms with Gasteiger partial charge >= 0.3 is 39.5 Å². The number of carbonyl (C=O) groups excluding carboxylic acids is 4. The van der Waals surface area contributed by atoms with E-state index in [1.165, 1.54) is 109 Å². The number of hydrogen-bond acceptors (Lipinski definition) is 15. The number of aliphatic hydroxyl groups is 1. The van der Waals surface area contributed by atoms with Crippen molar-refractivity contribution < 1.29 is 80.2 Å². The van der Waals surface area contributed by atoms with Crippen LogP contribution in [0.1, 0.15) is 305 Å². The summed E-state index contributed by atoms with van der Waals surface area (Å²) >= 11 is 0. The van der Waals surface area contributed by atoms with Crippen LogP contribution in [0.3, 0.4) is 0 Å². The van der Waals surface area contributed by atoms with Gasteiger partial charge in [0.15, 0.2) is 12.2 Å². The summed E-state index contributed by atoms with van der Waals surface area (Å²) in [6.07, 6.45) is 34.9. The topological polar surface area (TPSA) is 237 Å². The molecule has 0 aromatic heterocycles. The molecule has 0 saturated heterocycles. The lowest BCUT2D eigenvalue weighted by molar-refractivity contribution is -0.161. The van der Waals surface area contributed by atoms with Crippen LogP contribution in [0, 0.1) is 17.8 Å². The van der Waals surface area contributed by atoms with Gasteiger partial charge in [0.1, 0.15) is 19.3 Å². The molecule has 0 rings (SSSR count). The molecule has 3 unspecified atom stereocenters. The summed E-state index contributed by atoms with van der Waals surface area (Å²) in [4.78, 5) is 72.1. The molecule has 0 spiro atoms. The Morgan fingerprint density at radius 1 is 0.354 bits per heavy atom. The van der Waals surface area contributed by atoms with Crippen LogP contribution in [0.2, 0.25) is 0 Å². The first-order chi connectivity index (χ1) is 39.3. The Hall–Kier alpha value is -1.94. The number of ether oxygens (including phenoxy) is 4. The van der Waals surface area contributed by atoms with E-state index in [0.29, 0.717) is 31.6 Å². The van der Waals surface area contributed by atoms with Gasteiger partial charge in [-0.1, -0.05) is 254 Å². The Morgan fingerprint density at radius 2 is 0.622 bits per heavy atom. The minimum absolute atomic E-state index is 0.102. The number of phosphoric acid groups is 2. The maximum Gasteiger partial charge on any atom is 0.472 e. The van der Waals surface area contributed by atoms with Crippen LogP contribution in [0.25, 0.3) is 0 Å². The number of unbranched alkanes of at least 4 members (excludes halogenated alkanes) is 28. The second-order valence-electron chi connectivity index (χ2n) is 24.0. The molecule has 0 aromatic rings. The summed E-state index contributed by atoms with van der Waals surface area (Å²) in [6, 6.07) is 0. The summed E-state index contributed by atoms with van der Waals surface area (Å²) in [7, 11) is -9.88. The zero-order valence-electron chi connectivity index (χ0n) is 52.9. The molecule has 0 aromatic carbocycles. The number of hydrogen-bond donors (Lipinski definition) is 3. The maximum atomic E-state index is 13.0. The molecule has 0 saturated carbocycles. The minimum atomic E-state index is -4.94. The fourth-order valence-electron chi connectivity index (χ4n) is 9.27. The predicted octanol–water partition coefficient (Wildman–Crippen LogP) is 17.1. The average Bonchev–Trinajstić information content (AvgIpc) is 3.45. The number of carbonyl (C=O) groups is 4. The number of rotatable bonds is 61. The second kappa shape index (κ2) is 54.5. The first-order valence-electron chi connectivity index (χ1n) is 32.9. The quantitative estimate of drug-likeness (QED) is 0.0222. The predicted molar refractivity (Wildman–Crippen MR) is 326 cm³/mol. The summed E-state index contributed by atoms with van der Waals surface area (Å²) in [5, 5.41) is 10.5. The monoisotopic (exact) mass is 1210 g/mol. The van der Waals surface area contributed by atoms with Gasteiger partial charge < -0.3 is 33.8 Å². The zero-order valence-corrected chi connectivity index (χ0v) is 54.7. The van der Waals surface area contributed by atoms with Crippen LogP contribution in [0.4, 0.5) is 0 Å². The van der Waals surface area contributed by atoms with Crippen molar-refractivity contribution in [3.63, 3.8) is 0 Å². The average molecular weight is 1210 g/mol. The lowest BCUT2D eigenvalue weighted by Crippen LogP contribution is -2.30. The Morgan fingerprint density at radius 3 is 0.927 bits per heavy atom. The molecule has 0 radical (unpaired) electrons. The standard InChI is InChI=1S/C63H122O17P2/c1-8-10-11-12-13-16-22-30-37-44-60(65)73-51-59(80-63(68)47-40-33-26-25-29-36-43-56(7)9-2)53-78-82(71,72)76-49-57(64)48-75-81(69,70)77-52-58(50-74-61(66)45-38-31-24-19-21-28-35-42-55(5)6)79-62(67)46-39-32-23-18-15-14-17-20-27-34-41-54(3)4/h54-59,64H,8-53H2,1-7H3,(H,69,70)(H,71,72)/t56?,57-,58-,59-/m1/s1. The summed E-state index contributed by atoms with van der Waals surface area (Å²) in [5.74, 6) is 0.0362. The molecule has 0 aliphatic rings. The van der Waals surface area contributed by atoms with E-state index in [1.54, 1.807) is 0 Å². The molecule has 6 atom stereocenters. The van der Waals surface area contributed by atoms with Gasteiger partial charge in [-0.25, -0.2) is 9.13 Å². The lowest BCUT2D eigenvalue weighted by Gasteiger charge is -2.21. The van der Waals surface area contributed by atoms with Gasteiger partial charge in [0, 0.05) is 25.7 Å². The first kappa shape index (κ1) is 80.1. The molecule has 0 bridgehead atoms. The Bertz CT molecular complexity index is 1630. The van der Waals surface area contributed by atoms with Crippen LogP contribution < -0.4 is 0 Å². The van der Waals surface area contributed by atoms with Crippen molar-refractivity contribution in [2.24, 2.45) is 17.8 Å². The van der Waals surface area contributed by atoms with Gasteiger partial charge in [0.05, 0.1) is 26.4 Å². The van der Waals surface area contributed by atoms with E-state index >= 15 is 0 Å². The lowest BCUT2D eigenvalue weighted by atomic mass is 10.00. The Kier molecular flexibility index (Phi) is 53.2. The molecule has 0 aliphatic heterocycles. The van der Waals surface area contributed by atoms with Crippen molar-refractivity contribution >= 4 is 39.5 Å². The van der Waals surface area contributed by atoms with Crippen molar-refractivity contribution in [1.29, 1.82) is 0 Å². The van der Waals surface area contributed by atoms with E-state index in [9.17, 15) is 43.2 Å². The first-order valence-corrected chi connectivity index (χ1v) is 35.9. The summed E-state index contributed by atoms with van der Waals surface area (Å²) in [6.45, 7) is 11.7. The number of aliphatic hydroxyl groups excluding tert-OH is 1. The van der Waals surface area contributed by atoms with E-state index in [4.69, 9.17) is 37.0 Å². The molecule has 3 N–H and O–H groups in total. The third-order valence-electron chi connectivity index (χ3n) is 14.7. The van der Waals surface area contributed by atoms with E-state index < -0.39 is 97.5 Å². The zero-order chi connectivity index (χ0) is 61.0. The molecular formula is C63H122O17P2. The van der Waals surface area contributed by atoms with Gasteiger partial charge in [0.25, 0.3) is 0 Å². The van der Waals surface area contributed by atoms with Gasteiger partial charge in [-0.05, 0) is 43.4 Å². The van der Waals surface area contributed by atoms with Crippen molar-refractivity contribution in [2.45, 2.75) is 324 Å². The van der Waals surface area contributed by atoms with E-state index in [1.807, 2.05) is 0 Å². The van der Waals surface area contributed by atoms with Crippen LogP contribution in [0.5, 0.6) is 0 Å². The van der Waals surface area contributed by atoms with Crippen molar-refractivity contribution in [3.05, 3.63) is 0 Å². The highest BCUT2D eigenvalue weighted by atomic mass is 31.2. The van der Waals surface area contributed by atoms with Crippen molar-refractivity contribution in [1.82, 2.24) is 0 Å². The number of esters is 4. The SMILES string of the molecule is CCCCCCCCCCCC(=O)OC[C@H](COP(=O)(O)OC[C@H](O)COP(=O)(O)OC[C@@H](COC(=O)CCCCCCCCCC(C)C)OC(=O)CCCCCCCCCCCCC(C)C)OC(=O)CCCCCCCCC(C)CC. The molecule has 17 nitrogen and oxygen atoms in total. The largest absolute Gasteiger partial charge is 0.472 e. The van der Waals surface area contributed by atoms with Gasteiger partial charge in [-0.3, -0.25) is 37.3 Å². The van der Waals surface area contributed by atoms with Gasteiger partial charge in [-0.2, -0.15) is 0 Å². The molecule has 0 fully saturated rings. The molecule has 0 aliphatic carbocycles. The van der Waals surface area contributed by atoms with Gasteiger partial charge in [-0.15, -0.1) is 0 Å². The summed E-state index contributed by atoms with van der Waals surface area (Å²) in [5.41, 5.74) is 0. The fourth-order valence-corrected chi connectivity index (χ4v) is 10.9. The third kappa shape index (κ3) is 55.9. The van der Waals surface area contributed by atoms with Crippen LogP contribution >= 0.6 is 15.6 Å². The highest BCUT2D eigenvalue weighted by Crippen LogP contribution is 2.45. The van der Waals surface area contributed by atoms with E-state index in [2.05, 4.69) is 48.5 Å². The Balaban J connectivity index is 5.25. The van der Waals surface area contributed by atoms with Gasteiger partial charge in [0.2, 0.25) is 0 Å². The van der Waals surface area contributed by atoms with Crippen LogP contribution in [-0.2, 0) is 65.4 Å². The normalized spacial score (nSPS) is 14.7. The Labute approximate surface area is 498 Å². The fraction of sp³-hybridized carbons (Fsp3) is 0.937. The van der Waals surface area contributed by atoms with Crippen LogP contribution in [0.15, 0.2) is 0 Å². The van der Waals surface area contributed by atoms with Crippen molar-refractivity contribution in [3.8, 4) is 0 Å². The smallest absolute Gasteiger partial charge is 0.462 e. The highest BCUT2D eigenvalue weighted by molar-refractivity contribution is 7.47. The summed E-state index contributed by atoms with van der Waals surface area (Å²) < 4.78 is 67.9. The maximum absolute atomic E-state index is 13.0. The van der Waals surface area contributed by atoms with Crippen LogP contribution in [-0.4, -0.2) is 96.7 Å².